The summed E-state index contributed by atoms with van der Waals surface area (Å²) in [6.45, 7) is 5.10. The van der Waals surface area contributed by atoms with Crippen LogP contribution in [0.2, 0.25) is 0 Å². The number of hydrogen-bond acceptors (Lipinski definition) is 1. The van der Waals surface area contributed by atoms with E-state index in [0.717, 1.165) is 13.3 Å². The van der Waals surface area contributed by atoms with Gasteiger partial charge in [-0.1, -0.05) is 20.3 Å². The maximum atomic E-state index is 13.6. The van der Waals surface area contributed by atoms with Crippen molar-refractivity contribution in [1.82, 2.24) is 0 Å². The van der Waals surface area contributed by atoms with Crippen molar-refractivity contribution < 1.29 is 17.6 Å². The highest BCUT2D eigenvalue weighted by Gasteiger charge is 2.25. The lowest BCUT2D eigenvalue weighted by Crippen LogP contribution is -2.31. The van der Waals surface area contributed by atoms with Gasteiger partial charge in [0.05, 0.1) is 0 Å². The molecule has 0 aromatic rings. The second-order valence-corrected chi connectivity index (χ2v) is 5.55. The van der Waals surface area contributed by atoms with E-state index in [0.29, 0.717) is 12.3 Å². The van der Waals surface area contributed by atoms with Crippen LogP contribution in [0, 0.1) is 5.92 Å². The summed E-state index contributed by atoms with van der Waals surface area (Å²) in [7, 11) is 0. The number of halogens is 4. The zero-order chi connectivity index (χ0) is 15.0. The van der Waals surface area contributed by atoms with Crippen molar-refractivity contribution in [3.8, 4) is 0 Å². The Morgan fingerprint density at radius 2 is 1.37 bits per heavy atom. The molecular formula is C14H27F4N. The number of alkyl halides is 4. The summed E-state index contributed by atoms with van der Waals surface area (Å²) < 4.78 is 52.5. The second-order valence-electron chi connectivity index (χ2n) is 5.55. The Hall–Kier alpha value is -0.320. The molecule has 6 unspecified atom stereocenters. The van der Waals surface area contributed by atoms with Crippen LogP contribution in [0.15, 0.2) is 0 Å². The largest absolute Gasteiger partial charge is 0.328 e. The van der Waals surface area contributed by atoms with E-state index in [1.165, 1.54) is 0 Å². The lowest BCUT2D eigenvalue weighted by Gasteiger charge is -2.20. The van der Waals surface area contributed by atoms with Gasteiger partial charge in [-0.25, -0.2) is 17.6 Å². The standard InChI is InChI=1S/C14H27F4N/c1-4-9(2)7-11(19)8-14(18)13(17)6-5-12(16)10(3)15/h9-14H,4-8,19H2,1-3H3. The van der Waals surface area contributed by atoms with Gasteiger partial charge < -0.3 is 5.73 Å². The molecule has 0 aromatic carbocycles. The minimum Gasteiger partial charge on any atom is -0.328 e. The first-order chi connectivity index (χ1) is 8.77. The van der Waals surface area contributed by atoms with Crippen LogP contribution in [0.4, 0.5) is 17.6 Å². The topological polar surface area (TPSA) is 26.0 Å². The predicted molar refractivity (Wildman–Crippen MR) is 71.2 cm³/mol. The van der Waals surface area contributed by atoms with Crippen molar-refractivity contribution in [2.45, 2.75) is 83.6 Å². The first kappa shape index (κ1) is 18.7. The van der Waals surface area contributed by atoms with Crippen LogP contribution in [-0.2, 0) is 0 Å². The van der Waals surface area contributed by atoms with Crippen LogP contribution in [-0.4, -0.2) is 30.7 Å². The van der Waals surface area contributed by atoms with Crippen molar-refractivity contribution >= 4 is 0 Å². The predicted octanol–water partition coefficient (Wildman–Crippen LogP) is 4.29. The smallest absolute Gasteiger partial charge is 0.133 e. The van der Waals surface area contributed by atoms with Gasteiger partial charge in [-0.05, 0) is 38.5 Å². The van der Waals surface area contributed by atoms with Crippen LogP contribution >= 0.6 is 0 Å². The Balaban J connectivity index is 3.95. The average Bonchev–Trinajstić information content (AvgIpc) is 2.34. The lowest BCUT2D eigenvalue weighted by molar-refractivity contribution is 0.111. The van der Waals surface area contributed by atoms with Gasteiger partial charge in [-0.3, -0.25) is 0 Å². The Bertz CT molecular complexity index is 225. The molecule has 0 heterocycles. The fourth-order valence-corrected chi connectivity index (χ4v) is 1.95. The van der Waals surface area contributed by atoms with Crippen molar-refractivity contribution in [3.05, 3.63) is 0 Å². The van der Waals surface area contributed by atoms with E-state index >= 15 is 0 Å². The maximum absolute atomic E-state index is 13.6. The molecular weight excluding hydrogens is 258 g/mol. The molecule has 5 heteroatoms. The summed E-state index contributed by atoms with van der Waals surface area (Å²) in [5.41, 5.74) is 5.75. The van der Waals surface area contributed by atoms with Crippen molar-refractivity contribution in [1.29, 1.82) is 0 Å². The first-order valence-electron chi connectivity index (χ1n) is 7.09. The average molecular weight is 285 g/mol. The molecule has 0 aliphatic rings. The molecule has 0 radical (unpaired) electrons. The summed E-state index contributed by atoms with van der Waals surface area (Å²) in [6, 6.07) is -0.385. The van der Waals surface area contributed by atoms with Crippen LogP contribution < -0.4 is 5.73 Å². The molecule has 1 nitrogen and oxygen atoms in total. The summed E-state index contributed by atoms with van der Waals surface area (Å²) in [6.07, 6.45) is -5.88. The van der Waals surface area contributed by atoms with Gasteiger partial charge in [0.1, 0.15) is 24.7 Å². The lowest BCUT2D eigenvalue weighted by atomic mass is 9.94. The van der Waals surface area contributed by atoms with E-state index in [9.17, 15) is 17.6 Å². The van der Waals surface area contributed by atoms with E-state index < -0.39 is 24.7 Å². The molecule has 0 aliphatic carbocycles. The summed E-state index contributed by atoms with van der Waals surface area (Å²) in [5.74, 6) is 0.378. The molecule has 19 heavy (non-hydrogen) atoms. The summed E-state index contributed by atoms with van der Waals surface area (Å²) in [4.78, 5) is 0. The summed E-state index contributed by atoms with van der Waals surface area (Å²) >= 11 is 0. The van der Waals surface area contributed by atoms with Crippen LogP contribution in [0.3, 0.4) is 0 Å². The van der Waals surface area contributed by atoms with Gasteiger partial charge in [0.15, 0.2) is 0 Å². The minimum atomic E-state index is -1.76. The molecule has 0 saturated heterocycles. The molecule has 0 aliphatic heterocycles. The molecule has 6 atom stereocenters. The Morgan fingerprint density at radius 3 is 1.84 bits per heavy atom. The highest BCUT2D eigenvalue weighted by Crippen LogP contribution is 2.21. The molecule has 0 bridgehead atoms. The quantitative estimate of drug-likeness (QED) is 0.595. The Kier molecular flexibility index (Phi) is 9.40. The van der Waals surface area contributed by atoms with E-state index in [2.05, 4.69) is 0 Å². The molecule has 0 rings (SSSR count). The maximum Gasteiger partial charge on any atom is 0.133 e. The molecule has 0 amide bonds. The minimum absolute atomic E-state index is 0.0619. The Morgan fingerprint density at radius 1 is 0.842 bits per heavy atom. The fourth-order valence-electron chi connectivity index (χ4n) is 1.95. The fraction of sp³-hybridized carbons (Fsp3) is 1.00. The third-order valence-corrected chi connectivity index (χ3v) is 3.54. The van der Waals surface area contributed by atoms with Gasteiger partial charge in [0.2, 0.25) is 0 Å². The molecule has 0 aromatic heterocycles. The molecule has 0 fully saturated rings. The van der Waals surface area contributed by atoms with Gasteiger partial charge in [0, 0.05) is 6.04 Å². The van der Waals surface area contributed by atoms with E-state index in [-0.39, 0.29) is 25.3 Å². The normalized spacial score (nSPS) is 21.5. The monoisotopic (exact) mass is 285 g/mol. The van der Waals surface area contributed by atoms with E-state index in [4.69, 9.17) is 5.73 Å². The van der Waals surface area contributed by atoms with Gasteiger partial charge >= 0.3 is 0 Å². The highest BCUT2D eigenvalue weighted by atomic mass is 19.2. The third kappa shape index (κ3) is 8.45. The summed E-state index contributed by atoms with van der Waals surface area (Å²) in [5, 5.41) is 0. The van der Waals surface area contributed by atoms with E-state index in [1.807, 2.05) is 13.8 Å². The zero-order valence-electron chi connectivity index (χ0n) is 12.1. The molecule has 0 saturated carbocycles. The van der Waals surface area contributed by atoms with Crippen LogP contribution in [0.1, 0.15) is 52.9 Å². The molecule has 0 spiro atoms. The van der Waals surface area contributed by atoms with Crippen molar-refractivity contribution in [2.75, 3.05) is 0 Å². The van der Waals surface area contributed by atoms with Crippen molar-refractivity contribution in [2.24, 2.45) is 11.7 Å². The van der Waals surface area contributed by atoms with E-state index in [1.54, 1.807) is 0 Å². The molecule has 116 valence electrons. The van der Waals surface area contributed by atoms with Gasteiger partial charge in [0.25, 0.3) is 0 Å². The zero-order valence-corrected chi connectivity index (χ0v) is 12.1. The Labute approximate surface area is 113 Å². The first-order valence-corrected chi connectivity index (χ1v) is 7.09. The number of nitrogens with two attached hydrogens (primary N) is 1. The van der Waals surface area contributed by atoms with Crippen LogP contribution in [0.5, 0.6) is 0 Å². The molecule has 2 N–H and O–H groups in total. The number of hydrogen-bond donors (Lipinski definition) is 1. The number of rotatable bonds is 10. The van der Waals surface area contributed by atoms with Gasteiger partial charge in [-0.2, -0.15) is 0 Å². The SMILES string of the molecule is CCC(C)CC(N)CC(F)C(F)CCC(F)C(C)F. The van der Waals surface area contributed by atoms with Crippen LogP contribution in [0.25, 0.3) is 0 Å². The third-order valence-electron chi connectivity index (χ3n) is 3.54. The van der Waals surface area contributed by atoms with Crippen molar-refractivity contribution in [3.63, 3.8) is 0 Å². The second kappa shape index (κ2) is 9.56. The van der Waals surface area contributed by atoms with Gasteiger partial charge in [-0.15, -0.1) is 0 Å². The highest BCUT2D eigenvalue weighted by molar-refractivity contribution is 4.77.